The van der Waals surface area contributed by atoms with Gasteiger partial charge >= 0.3 is 0 Å². The standard InChI is InChI=1S/C15H29N3O2/c1-8-11(13(16)20)18-15(6,7)12(19)9-17-14(4,5)10(2)3/h11,17-18H,2,8-9H2,1,3-7H3,(H2,16,20). The Morgan fingerprint density at radius 3 is 2.05 bits per heavy atom. The van der Waals surface area contributed by atoms with Crippen molar-refractivity contribution < 1.29 is 9.59 Å². The van der Waals surface area contributed by atoms with Crippen LogP contribution in [0.2, 0.25) is 0 Å². The van der Waals surface area contributed by atoms with Gasteiger partial charge in [-0.25, -0.2) is 0 Å². The Kier molecular flexibility index (Phi) is 6.58. The Balaban J connectivity index is 4.67. The molecule has 0 saturated heterocycles. The van der Waals surface area contributed by atoms with E-state index in [0.29, 0.717) is 6.42 Å². The van der Waals surface area contributed by atoms with E-state index in [0.717, 1.165) is 5.57 Å². The smallest absolute Gasteiger partial charge is 0.234 e. The van der Waals surface area contributed by atoms with E-state index >= 15 is 0 Å². The molecule has 0 aromatic carbocycles. The molecule has 0 aliphatic heterocycles. The van der Waals surface area contributed by atoms with E-state index in [2.05, 4.69) is 17.2 Å². The molecule has 5 heteroatoms. The highest BCUT2D eigenvalue weighted by Crippen LogP contribution is 2.13. The fraction of sp³-hybridized carbons (Fsp3) is 0.733. The van der Waals surface area contributed by atoms with E-state index in [-0.39, 0.29) is 17.9 Å². The number of nitrogens with one attached hydrogen (secondary N) is 2. The molecule has 1 amide bonds. The minimum atomic E-state index is -0.812. The number of primary amides is 1. The number of hydrogen-bond donors (Lipinski definition) is 3. The lowest BCUT2D eigenvalue weighted by Crippen LogP contribution is -2.58. The predicted molar refractivity (Wildman–Crippen MR) is 82.4 cm³/mol. The molecule has 0 heterocycles. The number of rotatable bonds is 9. The van der Waals surface area contributed by atoms with E-state index < -0.39 is 17.5 Å². The first-order valence-corrected chi connectivity index (χ1v) is 6.95. The SMILES string of the molecule is C=C(C)C(C)(C)NCC(=O)C(C)(C)NC(CC)C(N)=O. The number of carbonyl (C=O) groups is 2. The highest BCUT2D eigenvalue weighted by molar-refractivity contribution is 5.90. The zero-order valence-corrected chi connectivity index (χ0v) is 13.6. The van der Waals surface area contributed by atoms with Crippen molar-refractivity contribution in [1.29, 1.82) is 0 Å². The zero-order chi connectivity index (χ0) is 16.1. The maximum Gasteiger partial charge on any atom is 0.234 e. The van der Waals surface area contributed by atoms with Crippen LogP contribution in [0.1, 0.15) is 48.0 Å². The second-order valence-corrected chi connectivity index (χ2v) is 6.31. The monoisotopic (exact) mass is 283 g/mol. The fourth-order valence-corrected chi connectivity index (χ4v) is 1.56. The minimum absolute atomic E-state index is 0.0217. The Bertz CT molecular complexity index is 387. The van der Waals surface area contributed by atoms with Crippen molar-refractivity contribution in [2.75, 3.05) is 6.54 Å². The van der Waals surface area contributed by atoms with Gasteiger partial charge in [-0.3, -0.25) is 14.9 Å². The number of carbonyl (C=O) groups excluding carboxylic acids is 2. The highest BCUT2D eigenvalue weighted by Gasteiger charge is 2.32. The third-order valence-corrected chi connectivity index (χ3v) is 3.74. The average molecular weight is 283 g/mol. The predicted octanol–water partition coefficient (Wildman–Crippen LogP) is 1.13. The van der Waals surface area contributed by atoms with E-state index in [1.54, 1.807) is 13.8 Å². The van der Waals surface area contributed by atoms with Crippen LogP contribution in [0.3, 0.4) is 0 Å². The maximum atomic E-state index is 12.3. The van der Waals surface area contributed by atoms with Crippen molar-refractivity contribution in [3.05, 3.63) is 12.2 Å². The van der Waals surface area contributed by atoms with Gasteiger partial charge in [0.15, 0.2) is 5.78 Å². The molecule has 20 heavy (non-hydrogen) atoms. The molecule has 0 saturated carbocycles. The molecular weight excluding hydrogens is 254 g/mol. The molecule has 116 valence electrons. The van der Waals surface area contributed by atoms with Gasteiger partial charge in [0.1, 0.15) is 0 Å². The van der Waals surface area contributed by atoms with Crippen molar-refractivity contribution in [2.24, 2.45) is 5.73 Å². The van der Waals surface area contributed by atoms with Crippen molar-refractivity contribution in [3.63, 3.8) is 0 Å². The summed E-state index contributed by atoms with van der Waals surface area (Å²) in [4.78, 5) is 23.6. The molecule has 5 nitrogen and oxygen atoms in total. The number of nitrogens with two attached hydrogens (primary N) is 1. The first-order valence-electron chi connectivity index (χ1n) is 6.95. The van der Waals surface area contributed by atoms with Crippen molar-refractivity contribution in [3.8, 4) is 0 Å². The van der Waals surface area contributed by atoms with E-state index in [1.807, 2.05) is 27.7 Å². The summed E-state index contributed by atoms with van der Waals surface area (Å²) in [5.74, 6) is -0.463. The van der Waals surface area contributed by atoms with Crippen LogP contribution in [-0.2, 0) is 9.59 Å². The van der Waals surface area contributed by atoms with Gasteiger partial charge in [0.25, 0.3) is 0 Å². The van der Waals surface area contributed by atoms with Crippen LogP contribution in [0.5, 0.6) is 0 Å². The summed E-state index contributed by atoms with van der Waals surface area (Å²) in [6.45, 7) is 15.3. The summed E-state index contributed by atoms with van der Waals surface area (Å²) < 4.78 is 0. The second-order valence-electron chi connectivity index (χ2n) is 6.31. The Labute approximate surface area is 122 Å². The second kappa shape index (κ2) is 6.99. The first kappa shape index (κ1) is 18.8. The van der Waals surface area contributed by atoms with E-state index in [1.165, 1.54) is 0 Å². The normalized spacial score (nSPS) is 13.9. The van der Waals surface area contributed by atoms with Gasteiger partial charge in [-0.2, -0.15) is 0 Å². The lowest BCUT2D eigenvalue weighted by Gasteiger charge is -2.32. The first-order chi connectivity index (χ1) is 8.94. The molecule has 0 aromatic rings. The molecule has 0 rings (SSSR count). The topological polar surface area (TPSA) is 84.2 Å². The average Bonchev–Trinajstić information content (AvgIpc) is 2.32. The molecule has 0 fully saturated rings. The largest absolute Gasteiger partial charge is 0.368 e. The quantitative estimate of drug-likeness (QED) is 0.554. The number of amides is 1. The number of hydrogen-bond acceptors (Lipinski definition) is 4. The van der Waals surface area contributed by atoms with Gasteiger partial charge < -0.3 is 11.1 Å². The summed E-state index contributed by atoms with van der Waals surface area (Å²) in [6, 6.07) is -0.497. The van der Waals surface area contributed by atoms with Gasteiger partial charge in [0, 0.05) is 5.54 Å². The van der Waals surface area contributed by atoms with Crippen molar-refractivity contribution >= 4 is 11.7 Å². The molecule has 0 aromatic heterocycles. The molecule has 0 radical (unpaired) electrons. The van der Waals surface area contributed by atoms with Gasteiger partial charge in [-0.15, -0.1) is 0 Å². The van der Waals surface area contributed by atoms with Gasteiger partial charge in [-0.1, -0.05) is 19.1 Å². The summed E-state index contributed by atoms with van der Waals surface area (Å²) in [5.41, 5.74) is 5.14. The molecule has 0 aliphatic carbocycles. The van der Waals surface area contributed by atoms with E-state index in [9.17, 15) is 9.59 Å². The summed E-state index contributed by atoms with van der Waals surface area (Å²) in [7, 11) is 0. The highest BCUT2D eigenvalue weighted by atomic mass is 16.1. The third-order valence-electron chi connectivity index (χ3n) is 3.74. The van der Waals surface area contributed by atoms with Crippen LogP contribution < -0.4 is 16.4 Å². The Morgan fingerprint density at radius 1 is 1.20 bits per heavy atom. The molecule has 0 bridgehead atoms. The molecule has 0 spiro atoms. The Morgan fingerprint density at radius 2 is 1.70 bits per heavy atom. The molecular formula is C15H29N3O2. The third kappa shape index (κ3) is 5.43. The Hall–Kier alpha value is -1.20. The van der Waals surface area contributed by atoms with Gasteiger partial charge in [0.2, 0.25) is 5.91 Å². The number of ketones is 1. The van der Waals surface area contributed by atoms with Crippen LogP contribution in [-0.4, -0.2) is 35.4 Å². The fourth-order valence-electron chi connectivity index (χ4n) is 1.56. The van der Waals surface area contributed by atoms with Gasteiger partial charge in [-0.05, 0) is 41.0 Å². The summed E-state index contributed by atoms with van der Waals surface area (Å²) >= 11 is 0. The van der Waals surface area contributed by atoms with Crippen LogP contribution in [0.15, 0.2) is 12.2 Å². The lowest BCUT2D eigenvalue weighted by molar-refractivity contribution is -0.125. The van der Waals surface area contributed by atoms with Crippen molar-refractivity contribution in [2.45, 2.75) is 65.1 Å². The van der Waals surface area contributed by atoms with E-state index in [4.69, 9.17) is 5.73 Å². The maximum absolute atomic E-state index is 12.3. The minimum Gasteiger partial charge on any atom is -0.368 e. The molecule has 4 N–H and O–H groups in total. The molecule has 1 unspecified atom stereocenters. The molecule has 1 atom stereocenters. The van der Waals surface area contributed by atoms with Gasteiger partial charge in [0.05, 0.1) is 18.1 Å². The molecule has 0 aliphatic rings. The lowest BCUT2D eigenvalue weighted by atomic mass is 9.93. The van der Waals surface area contributed by atoms with Crippen molar-refractivity contribution in [1.82, 2.24) is 10.6 Å². The van der Waals surface area contributed by atoms with Crippen LogP contribution >= 0.6 is 0 Å². The number of Topliss-reactive ketones (excluding diaryl/α,β-unsaturated/α-hetero) is 1. The van der Waals surface area contributed by atoms with Crippen LogP contribution in [0.4, 0.5) is 0 Å². The summed E-state index contributed by atoms with van der Waals surface area (Å²) in [6.07, 6.45) is 0.552. The van der Waals surface area contributed by atoms with Crippen LogP contribution in [0.25, 0.3) is 0 Å². The zero-order valence-electron chi connectivity index (χ0n) is 13.6. The van der Waals surface area contributed by atoms with Crippen LogP contribution in [0, 0.1) is 0 Å². The summed E-state index contributed by atoms with van der Waals surface area (Å²) in [5, 5.41) is 6.20.